The third kappa shape index (κ3) is 8.59. The van der Waals surface area contributed by atoms with Gasteiger partial charge in [-0.1, -0.05) is 17.7 Å². The van der Waals surface area contributed by atoms with Crippen LogP contribution in [0.5, 0.6) is 0 Å². The van der Waals surface area contributed by atoms with Crippen LogP contribution in [0.4, 0.5) is 18.0 Å². The average Bonchev–Trinajstić information content (AvgIpc) is 2.49. The molecule has 0 fully saturated rings. The van der Waals surface area contributed by atoms with E-state index in [-0.39, 0.29) is 5.56 Å². The van der Waals surface area contributed by atoms with Crippen molar-refractivity contribution in [2.75, 3.05) is 6.61 Å². The van der Waals surface area contributed by atoms with Gasteiger partial charge in [0.2, 0.25) is 0 Å². The summed E-state index contributed by atoms with van der Waals surface area (Å²) in [5.74, 6) is -1.82. The van der Waals surface area contributed by atoms with Gasteiger partial charge < -0.3 is 10.1 Å². The Balaban J connectivity index is 2.58. The first-order valence-electron chi connectivity index (χ1n) is 7.61. The van der Waals surface area contributed by atoms with Crippen molar-refractivity contribution in [2.24, 2.45) is 0 Å². The maximum absolute atomic E-state index is 12.8. The van der Waals surface area contributed by atoms with E-state index >= 15 is 0 Å². The summed E-state index contributed by atoms with van der Waals surface area (Å²) in [6.07, 6.45) is -2.70. The lowest BCUT2D eigenvalue weighted by atomic mass is 10.1. The van der Waals surface area contributed by atoms with Crippen LogP contribution in [-0.2, 0) is 20.5 Å². The summed E-state index contributed by atoms with van der Waals surface area (Å²) < 4.78 is 42.9. The number of halogens is 4. The predicted octanol–water partition coefficient (Wildman–Crippen LogP) is 3.54. The number of alkyl halides is 3. The van der Waals surface area contributed by atoms with Crippen LogP contribution in [0.2, 0.25) is 5.02 Å². The van der Waals surface area contributed by atoms with E-state index in [0.717, 1.165) is 24.3 Å². The summed E-state index contributed by atoms with van der Waals surface area (Å²) in [5, 5.41) is 3.98. The topological polar surface area (TPSA) is 84.5 Å². The molecule has 0 heterocycles. The monoisotopic (exact) mass is 406 g/mol. The molecule has 0 aromatic heterocycles. The zero-order valence-corrected chi connectivity index (χ0v) is 15.5. The molecule has 27 heavy (non-hydrogen) atoms. The molecule has 0 aliphatic heterocycles. The van der Waals surface area contributed by atoms with Crippen LogP contribution in [0.3, 0.4) is 0 Å². The minimum atomic E-state index is -4.63. The van der Waals surface area contributed by atoms with Gasteiger partial charge in [-0.2, -0.15) is 13.2 Å². The van der Waals surface area contributed by atoms with Crippen LogP contribution in [0, 0.1) is 0 Å². The molecule has 0 saturated heterocycles. The first kappa shape index (κ1) is 22.5. The van der Waals surface area contributed by atoms with Gasteiger partial charge in [-0.15, -0.1) is 0 Å². The molecule has 3 amide bonds. The fourth-order valence-corrected chi connectivity index (χ4v) is 1.97. The van der Waals surface area contributed by atoms with Gasteiger partial charge in [-0.25, -0.2) is 9.59 Å². The van der Waals surface area contributed by atoms with Gasteiger partial charge in [0.15, 0.2) is 6.61 Å². The molecule has 6 nitrogen and oxygen atoms in total. The summed E-state index contributed by atoms with van der Waals surface area (Å²) >= 11 is 5.50. The fourth-order valence-electron chi connectivity index (χ4n) is 1.75. The van der Waals surface area contributed by atoms with E-state index in [0.29, 0.717) is 0 Å². The third-order valence-corrected chi connectivity index (χ3v) is 3.12. The van der Waals surface area contributed by atoms with Crippen LogP contribution in [-0.4, -0.2) is 30.1 Å². The Bertz CT molecular complexity index is 756. The van der Waals surface area contributed by atoms with E-state index in [1.165, 1.54) is 6.07 Å². The van der Waals surface area contributed by atoms with Crippen molar-refractivity contribution in [1.82, 2.24) is 10.6 Å². The Morgan fingerprint density at radius 2 is 1.81 bits per heavy atom. The number of amides is 3. The van der Waals surface area contributed by atoms with Crippen molar-refractivity contribution in [3.63, 3.8) is 0 Å². The second kappa shape index (κ2) is 8.90. The van der Waals surface area contributed by atoms with Crippen LogP contribution in [0.25, 0.3) is 6.08 Å². The van der Waals surface area contributed by atoms with Crippen LogP contribution in [0.1, 0.15) is 31.9 Å². The number of esters is 1. The molecule has 0 unspecified atom stereocenters. The van der Waals surface area contributed by atoms with Gasteiger partial charge in [-0.3, -0.25) is 10.1 Å². The molecule has 0 aliphatic carbocycles. The highest BCUT2D eigenvalue weighted by Gasteiger charge is 2.33. The number of imide groups is 1. The number of rotatable bonds is 4. The third-order valence-electron chi connectivity index (χ3n) is 2.79. The SMILES string of the molecule is CC(C)(C)NC(=O)NC(=O)COC(=O)/C=C/c1ccc(Cl)c(C(F)(F)F)c1. The highest BCUT2D eigenvalue weighted by atomic mass is 35.5. The van der Waals surface area contributed by atoms with Gasteiger partial charge in [0.05, 0.1) is 10.6 Å². The molecule has 0 aliphatic rings. The zero-order valence-electron chi connectivity index (χ0n) is 14.7. The normalized spacial score (nSPS) is 12.0. The first-order valence-corrected chi connectivity index (χ1v) is 7.99. The molecular formula is C17H18ClF3N2O4. The van der Waals surface area contributed by atoms with Crippen LogP contribution in [0.15, 0.2) is 24.3 Å². The van der Waals surface area contributed by atoms with Crippen molar-refractivity contribution in [1.29, 1.82) is 0 Å². The second-order valence-corrected chi connectivity index (χ2v) is 6.84. The molecule has 0 radical (unpaired) electrons. The Morgan fingerprint density at radius 3 is 2.37 bits per heavy atom. The zero-order chi connectivity index (χ0) is 20.8. The van der Waals surface area contributed by atoms with Crippen molar-refractivity contribution in [2.45, 2.75) is 32.5 Å². The second-order valence-electron chi connectivity index (χ2n) is 6.43. The lowest BCUT2D eigenvalue weighted by molar-refractivity contribution is -0.143. The summed E-state index contributed by atoms with van der Waals surface area (Å²) in [5.41, 5.74) is -1.53. The number of carbonyl (C=O) groups is 3. The molecule has 2 N–H and O–H groups in total. The van der Waals surface area contributed by atoms with E-state index in [9.17, 15) is 27.6 Å². The minimum Gasteiger partial charge on any atom is -0.452 e. The van der Waals surface area contributed by atoms with Crippen LogP contribution >= 0.6 is 11.6 Å². The lowest BCUT2D eigenvalue weighted by Gasteiger charge is -2.20. The number of hydrogen-bond acceptors (Lipinski definition) is 4. The Kier molecular flexibility index (Phi) is 7.41. The summed E-state index contributed by atoms with van der Waals surface area (Å²) in [7, 11) is 0. The standard InChI is InChI=1S/C17H18ClF3N2O4/c1-16(2,3)23-15(26)22-13(24)9-27-14(25)7-5-10-4-6-12(18)11(8-10)17(19,20)21/h4-8H,9H2,1-3H3,(H2,22,23,24,26)/b7-5+. The van der Waals surface area contributed by atoms with Crippen molar-refractivity contribution < 1.29 is 32.3 Å². The van der Waals surface area contributed by atoms with Crippen LogP contribution < -0.4 is 10.6 Å². The summed E-state index contributed by atoms with van der Waals surface area (Å²) in [4.78, 5) is 34.5. The molecular weight excluding hydrogens is 389 g/mol. The average molecular weight is 407 g/mol. The van der Waals surface area contributed by atoms with Gasteiger partial charge >= 0.3 is 18.2 Å². The van der Waals surface area contributed by atoms with Crippen molar-refractivity contribution in [3.05, 3.63) is 40.4 Å². The number of urea groups is 1. The predicted molar refractivity (Wildman–Crippen MR) is 92.9 cm³/mol. The highest BCUT2D eigenvalue weighted by molar-refractivity contribution is 6.31. The van der Waals surface area contributed by atoms with Crippen molar-refractivity contribution in [3.8, 4) is 0 Å². The molecule has 1 aromatic carbocycles. The van der Waals surface area contributed by atoms with E-state index < -0.39 is 46.8 Å². The maximum atomic E-state index is 12.8. The van der Waals surface area contributed by atoms with Crippen molar-refractivity contribution >= 4 is 35.6 Å². The maximum Gasteiger partial charge on any atom is 0.417 e. The van der Waals surface area contributed by atoms with Gasteiger partial charge in [0, 0.05) is 11.6 Å². The first-order chi connectivity index (χ1) is 12.3. The number of hydrogen-bond donors (Lipinski definition) is 2. The number of carbonyl (C=O) groups excluding carboxylic acids is 3. The Morgan fingerprint density at radius 1 is 1.19 bits per heavy atom. The Hall–Kier alpha value is -2.55. The number of nitrogens with one attached hydrogen (secondary N) is 2. The molecule has 1 aromatic rings. The molecule has 0 spiro atoms. The quantitative estimate of drug-likeness (QED) is 0.591. The number of benzene rings is 1. The van der Waals surface area contributed by atoms with E-state index in [1.54, 1.807) is 20.8 Å². The molecule has 148 valence electrons. The number of ether oxygens (including phenoxy) is 1. The largest absolute Gasteiger partial charge is 0.452 e. The minimum absolute atomic E-state index is 0.0673. The van der Waals surface area contributed by atoms with E-state index in [2.05, 4.69) is 10.1 Å². The molecule has 0 saturated carbocycles. The van der Waals surface area contributed by atoms with E-state index in [4.69, 9.17) is 11.6 Å². The lowest BCUT2D eigenvalue weighted by Crippen LogP contribution is -2.49. The summed E-state index contributed by atoms with van der Waals surface area (Å²) in [6.45, 7) is 4.41. The molecule has 0 atom stereocenters. The molecule has 10 heteroatoms. The molecule has 1 rings (SSSR count). The van der Waals surface area contributed by atoms with E-state index in [1.807, 2.05) is 5.32 Å². The fraction of sp³-hybridized carbons (Fsp3) is 0.353. The summed E-state index contributed by atoms with van der Waals surface area (Å²) in [6, 6.07) is 2.36. The molecule has 0 bridgehead atoms. The Labute approximate surface area is 158 Å². The highest BCUT2D eigenvalue weighted by Crippen LogP contribution is 2.35. The van der Waals surface area contributed by atoms with Gasteiger partial charge in [0.1, 0.15) is 0 Å². The smallest absolute Gasteiger partial charge is 0.417 e. The van der Waals surface area contributed by atoms with Gasteiger partial charge in [0.25, 0.3) is 5.91 Å². The van der Waals surface area contributed by atoms with Gasteiger partial charge in [-0.05, 0) is 44.5 Å².